The average molecular weight is 607 g/mol. The molecule has 0 spiro atoms. The summed E-state index contributed by atoms with van der Waals surface area (Å²) in [4.78, 5) is 45.3. The van der Waals surface area contributed by atoms with E-state index in [0.717, 1.165) is 25.7 Å². The number of nitro groups is 2. The first-order valence-electron chi connectivity index (χ1n) is 14.2. The van der Waals surface area contributed by atoms with Crippen molar-refractivity contribution in [1.29, 1.82) is 0 Å². The molecule has 14 nitrogen and oxygen atoms in total. The van der Waals surface area contributed by atoms with Gasteiger partial charge in [-0.3, -0.25) is 29.8 Å². The van der Waals surface area contributed by atoms with Crippen molar-refractivity contribution in [2.45, 2.75) is 50.0 Å². The number of fused-ring (bicyclic) bond motifs is 2. The van der Waals surface area contributed by atoms with Gasteiger partial charge in [-0.25, -0.2) is 0 Å². The molecule has 44 heavy (non-hydrogen) atoms. The molecule has 0 saturated heterocycles. The summed E-state index contributed by atoms with van der Waals surface area (Å²) in [6.07, 6.45) is 4.05. The Morgan fingerprint density at radius 3 is 1.36 bits per heavy atom. The number of benzene rings is 2. The molecular formula is C30H34N6O8. The van der Waals surface area contributed by atoms with Crippen LogP contribution in [0.3, 0.4) is 0 Å². The molecule has 0 aliphatic heterocycles. The Labute approximate surface area is 251 Å². The maximum Gasteiger partial charge on any atom is 0.270 e. The fourth-order valence-corrected chi connectivity index (χ4v) is 5.60. The van der Waals surface area contributed by atoms with Crippen LogP contribution in [0.25, 0.3) is 21.8 Å². The number of anilines is 2. The number of ether oxygens (including phenoxy) is 2. The van der Waals surface area contributed by atoms with E-state index in [0.29, 0.717) is 33.2 Å². The summed E-state index contributed by atoms with van der Waals surface area (Å²) in [6.45, 7) is 0. The van der Waals surface area contributed by atoms with E-state index in [2.05, 4.69) is 10.6 Å². The smallest absolute Gasteiger partial charge is 0.270 e. The predicted molar refractivity (Wildman–Crippen MR) is 167 cm³/mol. The lowest BCUT2D eigenvalue weighted by Crippen LogP contribution is -2.44. The second-order valence-electron chi connectivity index (χ2n) is 11.0. The van der Waals surface area contributed by atoms with Crippen molar-refractivity contribution in [2.24, 2.45) is 14.1 Å². The SMILES string of the molecule is COC1CCC1Nc1cc(=O)n(C)c2ccc([N+](=O)[O-])cc12.CO[C@H]1CCC1Nc1cc(=O)n(C)c2ccc([N+](=O)[O-])cc12. The second-order valence-corrected chi connectivity index (χ2v) is 11.0. The summed E-state index contributed by atoms with van der Waals surface area (Å²) in [5, 5.41) is 29.9. The van der Waals surface area contributed by atoms with E-state index in [9.17, 15) is 29.8 Å². The number of hydrogen-bond acceptors (Lipinski definition) is 10. The van der Waals surface area contributed by atoms with Gasteiger partial charge in [0.2, 0.25) is 0 Å². The summed E-state index contributed by atoms with van der Waals surface area (Å²) in [7, 11) is 6.63. The normalized spacial score (nSPS) is 20.6. The first kappa shape index (κ1) is 30.6. The summed E-state index contributed by atoms with van der Waals surface area (Å²) >= 11 is 0. The molecule has 2 saturated carbocycles. The molecule has 2 aliphatic carbocycles. The molecule has 0 amide bonds. The molecule has 0 radical (unpaired) electrons. The van der Waals surface area contributed by atoms with E-state index < -0.39 is 9.85 Å². The highest BCUT2D eigenvalue weighted by atomic mass is 16.6. The molecule has 2 fully saturated rings. The van der Waals surface area contributed by atoms with Gasteiger partial charge in [-0.1, -0.05) is 0 Å². The molecule has 2 N–H and O–H groups in total. The minimum absolute atomic E-state index is 0.00565. The number of pyridine rings is 2. The van der Waals surface area contributed by atoms with Gasteiger partial charge in [0.1, 0.15) is 0 Å². The minimum atomic E-state index is -0.435. The number of hydrogen-bond donors (Lipinski definition) is 2. The van der Waals surface area contributed by atoms with Crippen LogP contribution in [0.15, 0.2) is 58.1 Å². The number of aromatic nitrogens is 2. The van der Waals surface area contributed by atoms with Gasteiger partial charge in [0, 0.05) is 86.9 Å². The van der Waals surface area contributed by atoms with Crippen LogP contribution >= 0.6 is 0 Å². The molecule has 232 valence electrons. The average Bonchev–Trinajstić information content (AvgIpc) is 2.98. The summed E-state index contributed by atoms with van der Waals surface area (Å²) in [6, 6.07) is 12.2. The monoisotopic (exact) mass is 606 g/mol. The zero-order valence-electron chi connectivity index (χ0n) is 24.8. The number of nitrogens with zero attached hydrogens (tertiary/aromatic N) is 4. The van der Waals surface area contributed by atoms with Crippen LogP contribution in [0, 0.1) is 20.2 Å². The number of rotatable bonds is 8. The van der Waals surface area contributed by atoms with Gasteiger partial charge in [-0.2, -0.15) is 0 Å². The summed E-state index contributed by atoms with van der Waals surface area (Å²) in [5.41, 5.74) is 2.26. The lowest BCUT2D eigenvalue weighted by molar-refractivity contribution is -0.384. The highest BCUT2D eigenvalue weighted by Crippen LogP contribution is 2.32. The second kappa shape index (κ2) is 12.4. The molecule has 2 aromatic heterocycles. The summed E-state index contributed by atoms with van der Waals surface area (Å²) < 4.78 is 13.7. The standard InChI is InChI=1S/2C15H17N3O4/c2*1-17-13-5-3-9(18(20)21)7-10(13)12(8-15(17)19)16-11-4-6-14(11)22-2/h2*3,5,7-8,11,14,16H,4,6H2,1-2H3/t11?,14-;/m0./s1. The maximum atomic E-state index is 12.1. The van der Waals surface area contributed by atoms with Gasteiger partial charge < -0.3 is 29.2 Å². The molecule has 14 heteroatoms. The molecule has 4 atom stereocenters. The Balaban J connectivity index is 0.000000175. The van der Waals surface area contributed by atoms with Crippen molar-refractivity contribution in [2.75, 3.05) is 24.9 Å². The van der Waals surface area contributed by atoms with E-state index in [1.807, 2.05) is 0 Å². The quantitative estimate of drug-likeness (QED) is 0.220. The van der Waals surface area contributed by atoms with Crippen LogP contribution in [0.5, 0.6) is 0 Å². The Bertz CT molecular complexity index is 1730. The lowest BCUT2D eigenvalue weighted by Gasteiger charge is -2.36. The number of nitro benzene ring substituents is 2. The highest BCUT2D eigenvalue weighted by molar-refractivity contribution is 5.94. The zero-order valence-corrected chi connectivity index (χ0v) is 24.8. The third-order valence-electron chi connectivity index (χ3n) is 8.59. The van der Waals surface area contributed by atoms with Gasteiger partial charge in [0.15, 0.2) is 0 Å². The van der Waals surface area contributed by atoms with E-state index >= 15 is 0 Å². The van der Waals surface area contributed by atoms with Gasteiger partial charge in [0.25, 0.3) is 22.5 Å². The van der Waals surface area contributed by atoms with Gasteiger partial charge >= 0.3 is 0 Å². The predicted octanol–water partition coefficient (Wildman–Crippen LogP) is 4.07. The van der Waals surface area contributed by atoms with Crippen molar-refractivity contribution in [3.63, 3.8) is 0 Å². The van der Waals surface area contributed by atoms with Crippen LogP contribution in [0.4, 0.5) is 22.7 Å². The van der Waals surface area contributed by atoms with Crippen LogP contribution in [-0.2, 0) is 23.6 Å². The number of nitrogens with one attached hydrogen (secondary N) is 2. The van der Waals surface area contributed by atoms with Crippen LogP contribution < -0.4 is 21.8 Å². The molecular weight excluding hydrogens is 572 g/mol. The molecule has 6 rings (SSSR count). The lowest BCUT2D eigenvalue weighted by atomic mass is 9.88. The largest absolute Gasteiger partial charge is 0.379 e. The maximum absolute atomic E-state index is 12.1. The van der Waals surface area contributed by atoms with Crippen molar-refractivity contribution in [1.82, 2.24) is 9.13 Å². The minimum Gasteiger partial charge on any atom is -0.379 e. The molecule has 3 unspecified atom stereocenters. The molecule has 2 aromatic carbocycles. The van der Waals surface area contributed by atoms with Crippen molar-refractivity contribution in [3.05, 3.63) is 89.5 Å². The Kier molecular flexibility index (Phi) is 8.65. The number of aryl methyl sites for hydroxylation is 2. The van der Waals surface area contributed by atoms with E-state index in [1.165, 1.54) is 45.5 Å². The topological polar surface area (TPSA) is 173 Å². The van der Waals surface area contributed by atoms with E-state index in [4.69, 9.17) is 9.47 Å². The van der Waals surface area contributed by atoms with Crippen LogP contribution in [-0.4, -0.2) is 57.5 Å². The van der Waals surface area contributed by atoms with Gasteiger partial charge in [-0.15, -0.1) is 0 Å². The van der Waals surface area contributed by atoms with E-state index in [-0.39, 0.29) is 46.8 Å². The Morgan fingerprint density at radius 1 is 0.682 bits per heavy atom. The van der Waals surface area contributed by atoms with Crippen LogP contribution in [0.1, 0.15) is 25.7 Å². The molecule has 4 aromatic rings. The Hall–Kier alpha value is -4.82. The van der Waals surface area contributed by atoms with Crippen molar-refractivity contribution < 1.29 is 19.3 Å². The molecule has 0 bridgehead atoms. The summed E-state index contributed by atoms with van der Waals surface area (Å²) in [5.74, 6) is 0. The van der Waals surface area contributed by atoms with Crippen molar-refractivity contribution in [3.8, 4) is 0 Å². The van der Waals surface area contributed by atoms with Crippen LogP contribution in [0.2, 0.25) is 0 Å². The number of non-ortho nitro benzene ring substituents is 2. The number of methoxy groups -OCH3 is 2. The van der Waals surface area contributed by atoms with Gasteiger partial charge in [0.05, 0.1) is 45.2 Å². The highest BCUT2D eigenvalue weighted by Gasteiger charge is 2.32. The molecule has 2 aliphatic rings. The first-order valence-corrected chi connectivity index (χ1v) is 14.2. The van der Waals surface area contributed by atoms with Gasteiger partial charge in [-0.05, 0) is 37.8 Å². The third kappa shape index (κ3) is 5.85. The molecule has 2 heterocycles. The van der Waals surface area contributed by atoms with E-state index in [1.54, 1.807) is 40.4 Å². The van der Waals surface area contributed by atoms with Crippen molar-refractivity contribution >= 4 is 44.6 Å². The third-order valence-corrected chi connectivity index (χ3v) is 8.59. The fraction of sp³-hybridized carbons (Fsp3) is 0.400. The Morgan fingerprint density at radius 2 is 1.07 bits per heavy atom. The zero-order chi connectivity index (χ0) is 31.7. The first-order chi connectivity index (χ1) is 21.0. The fourth-order valence-electron chi connectivity index (χ4n) is 5.60.